The molecule has 0 bridgehead atoms. The van der Waals surface area contributed by atoms with Crippen LogP contribution in [0.5, 0.6) is 0 Å². The Bertz CT molecular complexity index is 681. The number of hydrogen-bond donors (Lipinski definition) is 9. The zero-order valence-corrected chi connectivity index (χ0v) is 18.4. The van der Waals surface area contributed by atoms with E-state index in [2.05, 4.69) is 15.6 Å². The van der Waals surface area contributed by atoms with E-state index in [-0.39, 0.29) is 18.9 Å². The van der Waals surface area contributed by atoms with E-state index >= 15 is 0 Å². The van der Waals surface area contributed by atoms with Crippen LogP contribution in [-0.2, 0) is 19.2 Å². The molecule has 3 amide bonds. The van der Waals surface area contributed by atoms with Crippen molar-refractivity contribution in [3.63, 3.8) is 0 Å². The summed E-state index contributed by atoms with van der Waals surface area (Å²) >= 11 is 0. The van der Waals surface area contributed by atoms with Crippen molar-refractivity contribution in [2.45, 2.75) is 63.9 Å². The number of nitrogens with zero attached hydrogens (tertiary/aromatic N) is 1. The number of aliphatic carboxylic acids is 1. The number of aliphatic imine (C=N–C) groups is 1. The Morgan fingerprint density at radius 2 is 1.50 bits per heavy atom. The van der Waals surface area contributed by atoms with Gasteiger partial charge >= 0.3 is 5.97 Å². The zero-order valence-electron chi connectivity index (χ0n) is 18.4. The average Bonchev–Trinajstić information content (AvgIpc) is 2.69. The number of nitrogens with one attached hydrogen (secondary N) is 3. The van der Waals surface area contributed by atoms with Crippen LogP contribution in [0.3, 0.4) is 0 Å². The second kappa shape index (κ2) is 14.2. The summed E-state index contributed by atoms with van der Waals surface area (Å²) in [6.07, 6.45) is -0.721. The molecule has 0 fully saturated rings. The lowest BCUT2D eigenvalue weighted by Gasteiger charge is -2.26. The Labute approximate surface area is 186 Å². The maximum absolute atomic E-state index is 12.6. The highest BCUT2D eigenvalue weighted by atomic mass is 16.4. The van der Waals surface area contributed by atoms with Crippen LogP contribution in [0, 0.1) is 5.92 Å². The van der Waals surface area contributed by atoms with Gasteiger partial charge < -0.3 is 48.5 Å². The molecule has 0 aliphatic rings. The van der Waals surface area contributed by atoms with Crippen LogP contribution in [0.25, 0.3) is 0 Å². The number of hydrogen-bond acceptors (Lipinski definition) is 8. The number of aliphatic hydroxyl groups excluding tert-OH is 2. The monoisotopic (exact) mass is 461 g/mol. The number of guanidine groups is 1. The quantitative estimate of drug-likeness (QED) is 0.0686. The Morgan fingerprint density at radius 1 is 0.938 bits per heavy atom. The Balaban J connectivity index is 5.05. The summed E-state index contributed by atoms with van der Waals surface area (Å²) in [5, 5.41) is 34.8. The number of amides is 3. The molecule has 0 aliphatic heterocycles. The van der Waals surface area contributed by atoms with E-state index in [1.54, 1.807) is 13.8 Å². The van der Waals surface area contributed by atoms with Crippen LogP contribution < -0.4 is 33.2 Å². The zero-order chi connectivity index (χ0) is 25.0. The summed E-state index contributed by atoms with van der Waals surface area (Å²) in [4.78, 5) is 52.1. The smallest absolute Gasteiger partial charge is 0.328 e. The molecule has 5 atom stereocenters. The van der Waals surface area contributed by atoms with Crippen molar-refractivity contribution >= 4 is 29.7 Å². The lowest BCUT2D eigenvalue weighted by Crippen LogP contribution is -2.60. The molecule has 5 unspecified atom stereocenters. The van der Waals surface area contributed by atoms with Crippen LogP contribution >= 0.6 is 0 Å². The van der Waals surface area contributed by atoms with Crippen molar-refractivity contribution in [2.75, 3.05) is 13.2 Å². The fraction of sp³-hybridized carbons (Fsp3) is 0.722. The van der Waals surface area contributed by atoms with Gasteiger partial charge in [0.2, 0.25) is 17.7 Å². The number of nitrogens with two attached hydrogens (primary N) is 3. The Kier molecular flexibility index (Phi) is 12.8. The maximum Gasteiger partial charge on any atom is 0.328 e. The van der Waals surface area contributed by atoms with Crippen molar-refractivity contribution in [1.82, 2.24) is 16.0 Å². The molecule has 184 valence electrons. The molecule has 0 aromatic rings. The molecule has 0 saturated heterocycles. The van der Waals surface area contributed by atoms with Gasteiger partial charge in [-0.25, -0.2) is 4.79 Å². The first-order valence-electron chi connectivity index (χ1n) is 10.1. The van der Waals surface area contributed by atoms with E-state index in [0.29, 0.717) is 6.42 Å². The van der Waals surface area contributed by atoms with E-state index in [0.717, 1.165) is 6.92 Å². The summed E-state index contributed by atoms with van der Waals surface area (Å²) in [6.45, 7) is 3.91. The lowest BCUT2D eigenvalue weighted by atomic mass is 10.0. The molecule has 0 heterocycles. The fourth-order valence-electron chi connectivity index (χ4n) is 2.54. The lowest BCUT2D eigenvalue weighted by molar-refractivity contribution is -0.145. The minimum absolute atomic E-state index is 0.0786. The van der Waals surface area contributed by atoms with Gasteiger partial charge in [0.15, 0.2) is 12.0 Å². The summed E-state index contributed by atoms with van der Waals surface area (Å²) < 4.78 is 0. The topological polar surface area (TPSA) is 255 Å². The molecule has 32 heavy (non-hydrogen) atoms. The average molecular weight is 462 g/mol. The third-order valence-corrected chi connectivity index (χ3v) is 4.41. The summed E-state index contributed by atoms with van der Waals surface area (Å²) in [6, 6.07) is -5.15. The molecule has 12 N–H and O–H groups in total. The minimum atomic E-state index is -1.63. The maximum atomic E-state index is 12.6. The van der Waals surface area contributed by atoms with Crippen LogP contribution in [0.15, 0.2) is 4.99 Å². The third-order valence-electron chi connectivity index (χ3n) is 4.41. The van der Waals surface area contributed by atoms with Crippen molar-refractivity contribution < 1.29 is 34.5 Å². The highest BCUT2D eigenvalue weighted by Gasteiger charge is 2.32. The number of carbonyl (C=O) groups is 4. The molecule has 0 rings (SSSR count). The van der Waals surface area contributed by atoms with E-state index in [1.165, 1.54) is 0 Å². The fourth-order valence-corrected chi connectivity index (χ4v) is 2.54. The molecular weight excluding hydrogens is 426 g/mol. The largest absolute Gasteiger partial charge is 0.480 e. The van der Waals surface area contributed by atoms with Crippen LogP contribution in [0.1, 0.15) is 33.6 Å². The number of carboxylic acids is 1. The summed E-state index contributed by atoms with van der Waals surface area (Å²) in [5.74, 6) is -4.37. The molecule has 14 heteroatoms. The van der Waals surface area contributed by atoms with E-state index in [9.17, 15) is 29.4 Å². The second-order valence-corrected chi connectivity index (χ2v) is 7.59. The first kappa shape index (κ1) is 29.0. The van der Waals surface area contributed by atoms with Crippen molar-refractivity contribution in [1.29, 1.82) is 0 Å². The Morgan fingerprint density at radius 3 is 1.94 bits per heavy atom. The number of aliphatic hydroxyl groups is 2. The van der Waals surface area contributed by atoms with Gasteiger partial charge in [-0.05, 0) is 25.7 Å². The van der Waals surface area contributed by atoms with Gasteiger partial charge in [0.25, 0.3) is 0 Å². The number of carboxylic acid groups (broad SMARTS) is 1. The molecule has 14 nitrogen and oxygen atoms in total. The highest BCUT2D eigenvalue weighted by molar-refractivity contribution is 5.94. The molecular formula is C18H35N7O7. The molecule has 0 aromatic carbocycles. The van der Waals surface area contributed by atoms with Gasteiger partial charge in [0.1, 0.15) is 12.1 Å². The SMILES string of the molecule is CC(C)C(NC(=O)C(N)CCCN=C(N)N)C(=O)NC(CO)C(=O)NC(C(=O)O)C(C)O. The van der Waals surface area contributed by atoms with E-state index < -0.39 is 66.5 Å². The number of rotatable bonds is 14. The normalized spacial score (nSPS) is 15.6. The predicted octanol–water partition coefficient (Wildman–Crippen LogP) is -4.06. The molecule has 0 radical (unpaired) electrons. The van der Waals surface area contributed by atoms with Gasteiger partial charge in [-0.2, -0.15) is 0 Å². The van der Waals surface area contributed by atoms with Crippen LogP contribution in [0.4, 0.5) is 0 Å². The molecule has 0 spiro atoms. The van der Waals surface area contributed by atoms with Crippen molar-refractivity contribution in [3.8, 4) is 0 Å². The number of carbonyl (C=O) groups excluding carboxylic acids is 3. The summed E-state index contributed by atoms with van der Waals surface area (Å²) in [7, 11) is 0. The van der Waals surface area contributed by atoms with Gasteiger partial charge in [-0.1, -0.05) is 13.8 Å². The van der Waals surface area contributed by atoms with Gasteiger partial charge in [0.05, 0.1) is 18.8 Å². The van der Waals surface area contributed by atoms with Crippen molar-refractivity contribution in [3.05, 3.63) is 0 Å². The van der Waals surface area contributed by atoms with Gasteiger partial charge in [-0.15, -0.1) is 0 Å². The first-order valence-corrected chi connectivity index (χ1v) is 10.1. The standard InChI is InChI=1S/C18H35N7O7/c1-8(2)12(24-14(28)10(19)5-4-6-22-18(20)21)16(30)23-11(7-26)15(29)25-13(9(3)27)17(31)32/h8-13,26-27H,4-7,19H2,1-3H3,(H,23,30)(H,24,28)(H,25,29)(H,31,32)(H4,20,21,22). The second-order valence-electron chi connectivity index (χ2n) is 7.59. The Hall–Kier alpha value is -2.97. The first-order chi connectivity index (χ1) is 14.8. The van der Waals surface area contributed by atoms with Crippen LogP contribution in [0.2, 0.25) is 0 Å². The summed E-state index contributed by atoms with van der Waals surface area (Å²) in [5.41, 5.74) is 16.3. The van der Waals surface area contributed by atoms with Gasteiger partial charge in [-0.3, -0.25) is 19.4 Å². The minimum Gasteiger partial charge on any atom is -0.480 e. The van der Waals surface area contributed by atoms with E-state index in [4.69, 9.17) is 22.3 Å². The predicted molar refractivity (Wildman–Crippen MR) is 115 cm³/mol. The third kappa shape index (κ3) is 10.4. The van der Waals surface area contributed by atoms with Crippen LogP contribution in [-0.4, -0.2) is 88.4 Å². The van der Waals surface area contributed by atoms with Gasteiger partial charge in [0, 0.05) is 6.54 Å². The molecule has 0 saturated carbocycles. The van der Waals surface area contributed by atoms with Crippen molar-refractivity contribution in [2.24, 2.45) is 28.1 Å². The van der Waals surface area contributed by atoms with E-state index in [1.807, 2.05) is 5.32 Å². The highest BCUT2D eigenvalue weighted by Crippen LogP contribution is 2.05. The molecule has 0 aliphatic carbocycles. The molecule has 0 aromatic heterocycles.